The topological polar surface area (TPSA) is 18.5 Å². The lowest BCUT2D eigenvalue weighted by atomic mass is 9.77. The van der Waals surface area contributed by atoms with E-state index in [-0.39, 0.29) is 12.4 Å². The monoisotopic (exact) mass is 461 g/mol. The molecule has 2 rings (SSSR count). The molecule has 2 aromatic carbocycles. The third-order valence-corrected chi connectivity index (χ3v) is 6.20. The zero-order chi connectivity index (χ0) is 23.1. The number of para-hydroxylation sites is 1. The number of ether oxygens (including phenoxy) is 2. The van der Waals surface area contributed by atoms with Crippen LogP contribution in [0.25, 0.3) is 0 Å². The molecule has 180 valence electrons. The summed E-state index contributed by atoms with van der Waals surface area (Å²) in [6.07, 6.45) is 1.82. The van der Waals surface area contributed by atoms with Crippen LogP contribution in [0.15, 0.2) is 60.7 Å². The van der Waals surface area contributed by atoms with E-state index in [4.69, 9.17) is 9.47 Å². The van der Waals surface area contributed by atoms with Gasteiger partial charge in [-0.05, 0) is 44.2 Å². The summed E-state index contributed by atoms with van der Waals surface area (Å²) in [6.45, 7) is 15.0. The quantitative estimate of drug-likeness (QED) is 0.352. The van der Waals surface area contributed by atoms with E-state index in [0.717, 1.165) is 25.1 Å². The first-order valence-corrected chi connectivity index (χ1v) is 11.8. The maximum absolute atomic E-state index is 7.12. The normalized spacial score (nSPS) is 15.7. The highest BCUT2D eigenvalue weighted by Gasteiger charge is 2.62. The molecule has 0 N–H and O–H groups in total. The molecule has 0 aliphatic heterocycles. The first-order valence-electron chi connectivity index (χ1n) is 11.8. The number of benzene rings is 2. The van der Waals surface area contributed by atoms with Crippen molar-refractivity contribution in [1.82, 2.24) is 0 Å². The molecule has 0 saturated heterocycles. The summed E-state index contributed by atoms with van der Waals surface area (Å²) >= 11 is 0. The highest BCUT2D eigenvalue weighted by Crippen LogP contribution is 2.46. The average molecular weight is 462 g/mol. The Bertz CT molecular complexity index is 779. The highest BCUT2D eigenvalue weighted by atomic mass is 35.5. The molecule has 0 fully saturated rings. The molecular formula is C28H44ClNO2. The third-order valence-electron chi connectivity index (χ3n) is 6.20. The van der Waals surface area contributed by atoms with Crippen LogP contribution < -0.4 is 17.1 Å². The van der Waals surface area contributed by atoms with E-state index in [2.05, 4.69) is 98.1 Å². The van der Waals surface area contributed by atoms with Crippen LogP contribution in [-0.4, -0.2) is 36.5 Å². The third kappa shape index (κ3) is 6.73. The molecule has 0 amide bonds. The van der Waals surface area contributed by atoms with Crippen LogP contribution in [0.5, 0.6) is 5.75 Å². The van der Waals surface area contributed by atoms with Gasteiger partial charge in [0.1, 0.15) is 12.3 Å². The van der Waals surface area contributed by atoms with Crippen LogP contribution in [0.2, 0.25) is 0 Å². The van der Waals surface area contributed by atoms with Gasteiger partial charge in [0, 0.05) is 18.6 Å². The number of hydrogen-bond donors (Lipinski definition) is 0. The van der Waals surface area contributed by atoms with E-state index < -0.39 is 11.3 Å². The van der Waals surface area contributed by atoms with Crippen molar-refractivity contribution in [3.63, 3.8) is 0 Å². The van der Waals surface area contributed by atoms with Crippen molar-refractivity contribution in [2.75, 3.05) is 20.7 Å². The predicted octanol–water partition coefficient (Wildman–Crippen LogP) is 3.93. The lowest BCUT2D eigenvalue weighted by molar-refractivity contribution is -0.984. The Morgan fingerprint density at radius 1 is 0.812 bits per heavy atom. The summed E-state index contributed by atoms with van der Waals surface area (Å²) in [6, 6.07) is 21.0. The summed E-state index contributed by atoms with van der Waals surface area (Å²) in [5, 5.41) is 0. The number of quaternary nitrogens is 1. The Morgan fingerprint density at radius 2 is 1.31 bits per heavy atom. The highest BCUT2D eigenvalue weighted by molar-refractivity contribution is 5.23. The minimum absolute atomic E-state index is 0. The van der Waals surface area contributed by atoms with Gasteiger partial charge in [0.25, 0.3) is 5.72 Å². The van der Waals surface area contributed by atoms with Gasteiger partial charge in [-0.3, -0.25) is 4.48 Å². The molecule has 0 spiro atoms. The first kappa shape index (κ1) is 28.5. The summed E-state index contributed by atoms with van der Waals surface area (Å²) in [5.41, 5.74) is 0.271. The van der Waals surface area contributed by atoms with Gasteiger partial charge >= 0.3 is 0 Å². The van der Waals surface area contributed by atoms with Crippen LogP contribution in [0.4, 0.5) is 0 Å². The summed E-state index contributed by atoms with van der Waals surface area (Å²) in [7, 11) is 4.60. The Morgan fingerprint density at radius 3 is 1.78 bits per heavy atom. The second-order valence-electron chi connectivity index (χ2n) is 10.4. The van der Waals surface area contributed by atoms with Crippen LogP contribution >= 0.6 is 0 Å². The van der Waals surface area contributed by atoms with Gasteiger partial charge in [-0.1, -0.05) is 76.2 Å². The van der Waals surface area contributed by atoms with Crippen molar-refractivity contribution in [3.05, 3.63) is 66.2 Å². The molecule has 0 aromatic heterocycles. The molecule has 0 bridgehead atoms. The fourth-order valence-electron chi connectivity index (χ4n) is 5.21. The van der Waals surface area contributed by atoms with Crippen molar-refractivity contribution >= 4 is 0 Å². The van der Waals surface area contributed by atoms with Crippen LogP contribution in [0.3, 0.4) is 0 Å². The maximum Gasteiger partial charge on any atom is 0.272 e. The summed E-state index contributed by atoms with van der Waals surface area (Å²) in [4.78, 5) is 0. The summed E-state index contributed by atoms with van der Waals surface area (Å²) in [5.74, 6) is 1.83. The number of nitrogens with zero attached hydrogens (tertiary/aromatic N) is 1. The SMILES string of the molecule is CCOC(C)(CC(C)C)C(CC(C)C)(Oc1ccccc1)[N+](C)(C)Cc1ccccc1.[Cl-]. The van der Waals surface area contributed by atoms with Crippen molar-refractivity contribution in [3.8, 4) is 5.75 Å². The standard InChI is InChI=1S/C28H44NO2.ClH/c1-9-30-27(6,20-23(2)3)28(21-24(4)5,31-26-18-14-11-15-19-26)29(7,8)22-25-16-12-10-13-17-25;/h10-19,23-24H,9,20-22H2,1-8H3;1H/q+1;/p-1. The number of rotatable bonds is 12. The molecule has 0 heterocycles. The van der Waals surface area contributed by atoms with Gasteiger partial charge in [-0.2, -0.15) is 0 Å². The van der Waals surface area contributed by atoms with E-state index in [1.165, 1.54) is 5.56 Å². The van der Waals surface area contributed by atoms with Gasteiger partial charge in [-0.15, -0.1) is 0 Å². The van der Waals surface area contributed by atoms with Crippen molar-refractivity contribution in [1.29, 1.82) is 0 Å². The number of halogens is 1. The van der Waals surface area contributed by atoms with E-state index in [1.807, 2.05) is 18.2 Å². The zero-order valence-electron chi connectivity index (χ0n) is 21.4. The van der Waals surface area contributed by atoms with Gasteiger partial charge < -0.3 is 21.9 Å². The Kier molecular flexibility index (Phi) is 10.7. The number of hydrogen-bond acceptors (Lipinski definition) is 2. The minimum atomic E-state index is -0.571. The van der Waals surface area contributed by atoms with Crippen LogP contribution in [0, 0.1) is 11.8 Å². The predicted molar refractivity (Wildman–Crippen MR) is 131 cm³/mol. The van der Waals surface area contributed by atoms with Gasteiger partial charge in [0.05, 0.1) is 14.1 Å². The van der Waals surface area contributed by atoms with Crippen molar-refractivity contribution < 1.29 is 26.4 Å². The molecule has 0 aliphatic carbocycles. The van der Waals surface area contributed by atoms with Crippen LogP contribution in [0.1, 0.15) is 59.9 Å². The van der Waals surface area contributed by atoms with Crippen molar-refractivity contribution in [2.45, 2.75) is 72.3 Å². The van der Waals surface area contributed by atoms with E-state index in [1.54, 1.807) is 0 Å². The maximum atomic E-state index is 7.12. The first-order chi connectivity index (χ1) is 14.6. The molecule has 2 atom stereocenters. The van der Waals surface area contributed by atoms with Crippen LogP contribution in [-0.2, 0) is 11.3 Å². The Balaban J connectivity index is 0.00000512. The fraction of sp³-hybridized carbons (Fsp3) is 0.571. The molecule has 0 radical (unpaired) electrons. The smallest absolute Gasteiger partial charge is 0.272 e. The lowest BCUT2D eigenvalue weighted by Crippen LogP contribution is -3.00. The average Bonchev–Trinajstić information content (AvgIpc) is 2.67. The molecule has 32 heavy (non-hydrogen) atoms. The molecule has 0 saturated carbocycles. The summed E-state index contributed by atoms with van der Waals surface area (Å²) < 4.78 is 14.5. The lowest BCUT2D eigenvalue weighted by Gasteiger charge is -2.56. The van der Waals surface area contributed by atoms with E-state index >= 15 is 0 Å². The molecular weight excluding hydrogens is 418 g/mol. The Labute approximate surface area is 203 Å². The molecule has 2 unspecified atom stereocenters. The van der Waals surface area contributed by atoms with E-state index in [0.29, 0.717) is 22.9 Å². The van der Waals surface area contributed by atoms with Gasteiger partial charge in [0.15, 0.2) is 5.60 Å². The molecule has 0 aliphatic rings. The van der Waals surface area contributed by atoms with Crippen molar-refractivity contribution in [2.24, 2.45) is 11.8 Å². The fourth-order valence-corrected chi connectivity index (χ4v) is 5.21. The largest absolute Gasteiger partial charge is 1.00 e. The van der Waals surface area contributed by atoms with E-state index in [9.17, 15) is 0 Å². The number of likely N-dealkylation sites (N-methyl/N-ethyl adjacent to an activating group) is 1. The molecule has 3 nitrogen and oxygen atoms in total. The second kappa shape index (κ2) is 12.1. The Hall–Kier alpha value is -1.55. The molecule has 2 aromatic rings. The van der Waals surface area contributed by atoms with Gasteiger partial charge in [0.2, 0.25) is 0 Å². The molecule has 4 heteroatoms. The van der Waals surface area contributed by atoms with Gasteiger partial charge in [-0.25, -0.2) is 0 Å². The minimum Gasteiger partial charge on any atom is -1.00 e. The second-order valence-corrected chi connectivity index (χ2v) is 10.4. The zero-order valence-corrected chi connectivity index (χ0v) is 22.2.